The second kappa shape index (κ2) is 9.25. The Hall–Kier alpha value is -1.94. The third-order valence-corrected chi connectivity index (χ3v) is 4.95. The van der Waals surface area contributed by atoms with Crippen molar-refractivity contribution in [1.82, 2.24) is 0 Å². The number of aliphatic hydroxyl groups excluding tert-OH is 2. The Kier molecular flexibility index (Phi) is 6.94. The second-order valence-corrected chi connectivity index (χ2v) is 7.60. The van der Waals surface area contributed by atoms with E-state index in [0.29, 0.717) is 11.1 Å². The predicted molar refractivity (Wildman–Crippen MR) is 101 cm³/mol. The van der Waals surface area contributed by atoms with Gasteiger partial charge in [0, 0.05) is 0 Å². The van der Waals surface area contributed by atoms with Crippen LogP contribution in [0.3, 0.4) is 0 Å². The van der Waals surface area contributed by atoms with E-state index in [9.17, 15) is 24.2 Å². The zero-order valence-corrected chi connectivity index (χ0v) is 16.1. The summed E-state index contributed by atoms with van der Waals surface area (Å²) < 4.78 is 37.2. The maximum Gasteiger partial charge on any atom is 0.135 e. The molecule has 1 aliphatic heterocycles. The first-order chi connectivity index (χ1) is 13.7. The Labute approximate surface area is 168 Å². The van der Waals surface area contributed by atoms with Gasteiger partial charge in [0.05, 0.1) is 20.3 Å². The van der Waals surface area contributed by atoms with Crippen molar-refractivity contribution in [1.29, 1.82) is 0 Å². The molecule has 0 saturated carbocycles. The molecule has 1 aliphatic rings. The van der Waals surface area contributed by atoms with Gasteiger partial charge < -0.3 is 29.5 Å². The number of quaternary nitrogens is 1. The van der Waals surface area contributed by atoms with Gasteiger partial charge in [-0.1, -0.05) is 24.3 Å². The Morgan fingerprint density at radius 2 is 1.31 bits per heavy atom. The van der Waals surface area contributed by atoms with E-state index in [0.717, 1.165) is 0 Å². The molecule has 8 heteroatoms. The summed E-state index contributed by atoms with van der Waals surface area (Å²) in [6, 6.07) is 11.6. The van der Waals surface area contributed by atoms with Gasteiger partial charge in [-0.2, -0.15) is 0 Å². The van der Waals surface area contributed by atoms with Gasteiger partial charge in [0.15, 0.2) is 0 Å². The standard InChI is InChI=1S/C21H25F2NO5/c1-24(27)10-18(28-12-14-4-2-6-16(22)8-14)20(25)21(26)19(11-24)29-13-15-5-3-7-17(23)9-15/h2-9,18-21,25-26H,10-13H2,1H3/t18-,19-,20+,21+/m0/s1. The molecule has 2 N–H and O–H groups in total. The summed E-state index contributed by atoms with van der Waals surface area (Å²) in [5, 5.41) is 33.9. The first-order valence-corrected chi connectivity index (χ1v) is 9.37. The Bertz CT molecular complexity index is 754. The highest BCUT2D eigenvalue weighted by Crippen LogP contribution is 2.23. The smallest absolute Gasteiger partial charge is 0.135 e. The molecule has 0 spiro atoms. The third kappa shape index (κ3) is 6.02. The normalized spacial score (nSPS) is 26.8. The van der Waals surface area contributed by atoms with E-state index in [4.69, 9.17) is 9.47 Å². The van der Waals surface area contributed by atoms with Gasteiger partial charge in [-0.15, -0.1) is 0 Å². The molecule has 0 unspecified atom stereocenters. The molecule has 2 aromatic carbocycles. The summed E-state index contributed by atoms with van der Waals surface area (Å²) in [4.78, 5) is 0. The van der Waals surface area contributed by atoms with Gasteiger partial charge in [-0.05, 0) is 35.4 Å². The van der Waals surface area contributed by atoms with Crippen molar-refractivity contribution in [3.63, 3.8) is 0 Å². The van der Waals surface area contributed by atoms with Gasteiger partial charge in [0.1, 0.15) is 49.1 Å². The van der Waals surface area contributed by atoms with E-state index in [1.807, 2.05) is 0 Å². The van der Waals surface area contributed by atoms with Crippen LogP contribution in [0.1, 0.15) is 11.1 Å². The van der Waals surface area contributed by atoms with E-state index >= 15 is 0 Å². The lowest BCUT2D eigenvalue weighted by atomic mass is 10.0. The number of halogens is 2. The first kappa shape index (κ1) is 21.8. The zero-order chi connectivity index (χ0) is 21.0. The van der Waals surface area contributed by atoms with Gasteiger partial charge in [-0.3, -0.25) is 0 Å². The molecular formula is C21H25F2NO5. The first-order valence-electron chi connectivity index (χ1n) is 9.37. The molecule has 0 aromatic heterocycles. The quantitative estimate of drug-likeness (QED) is 0.564. The van der Waals surface area contributed by atoms with Crippen LogP contribution in [0.2, 0.25) is 0 Å². The number of likely N-dealkylation sites (N-methyl/N-ethyl adjacent to an activating group) is 1. The van der Waals surface area contributed by atoms with Crippen LogP contribution < -0.4 is 0 Å². The lowest BCUT2D eigenvalue weighted by molar-refractivity contribution is -0.866. The fraction of sp³-hybridized carbons (Fsp3) is 0.429. The van der Waals surface area contributed by atoms with E-state index in [-0.39, 0.29) is 26.3 Å². The summed E-state index contributed by atoms with van der Waals surface area (Å²) in [6.45, 7) is -0.233. The highest BCUT2D eigenvalue weighted by atomic mass is 19.1. The topological polar surface area (TPSA) is 82.0 Å². The molecule has 0 radical (unpaired) electrons. The summed E-state index contributed by atoms with van der Waals surface area (Å²) in [5.74, 6) is -0.828. The van der Waals surface area contributed by atoms with Gasteiger partial charge in [-0.25, -0.2) is 8.78 Å². The number of ether oxygens (including phenoxy) is 2. The average Bonchev–Trinajstić information content (AvgIpc) is 2.74. The largest absolute Gasteiger partial charge is 0.633 e. The minimum Gasteiger partial charge on any atom is -0.633 e. The molecule has 0 bridgehead atoms. The fourth-order valence-corrected chi connectivity index (χ4v) is 3.45. The third-order valence-electron chi connectivity index (χ3n) is 4.95. The number of hydrogen-bond donors (Lipinski definition) is 2. The van der Waals surface area contributed by atoms with Gasteiger partial charge in [0.2, 0.25) is 0 Å². The van der Waals surface area contributed by atoms with Crippen molar-refractivity contribution >= 4 is 0 Å². The Morgan fingerprint density at radius 3 is 1.69 bits per heavy atom. The summed E-state index contributed by atoms with van der Waals surface area (Å²) >= 11 is 0. The van der Waals surface area contributed by atoms with Crippen molar-refractivity contribution in [2.75, 3.05) is 20.1 Å². The Balaban J connectivity index is 1.66. The SMILES string of the molecule is C[N+]1([O-])C[C@H](OCc2cccc(F)c2)[C@@H](O)[C@H](O)[C@@H](OCc2cccc(F)c2)C1. The monoisotopic (exact) mass is 409 g/mol. The maximum absolute atomic E-state index is 13.3. The molecule has 1 saturated heterocycles. The zero-order valence-electron chi connectivity index (χ0n) is 16.1. The molecule has 3 rings (SSSR count). The number of aliphatic hydroxyl groups is 2. The summed E-state index contributed by atoms with van der Waals surface area (Å²) in [5.41, 5.74) is 1.10. The van der Waals surface area contributed by atoms with Crippen molar-refractivity contribution < 1.29 is 33.1 Å². The number of rotatable bonds is 6. The van der Waals surface area contributed by atoms with Crippen LogP contribution in [0.25, 0.3) is 0 Å². The van der Waals surface area contributed by atoms with Crippen molar-refractivity contribution in [2.45, 2.75) is 37.6 Å². The van der Waals surface area contributed by atoms with Crippen LogP contribution >= 0.6 is 0 Å². The Morgan fingerprint density at radius 1 is 0.897 bits per heavy atom. The molecule has 4 atom stereocenters. The van der Waals surface area contributed by atoms with E-state index in [1.54, 1.807) is 12.1 Å². The number of hydroxylamine groups is 3. The lowest BCUT2D eigenvalue weighted by Crippen LogP contribution is -2.47. The maximum atomic E-state index is 13.3. The highest BCUT2D eigenvalue weighted by Gasteiger charge is 2.42. The molecule has 29 heavy (non-hydrogen) atoms. The van der Waals surface area contributed by atoms with Gasteiger partial charge >= 0.3 is 0 Å². The summed E-state index contributed by atoms with van der Waals surface area (Å²) in [7, 11) is 1.40. The fourth-order valence-electron chi connectivity index (χ4n) is 3.45. The minimum absolute atomic E-state index is 0.0129. The molecule has 1 fully saturated rings. The van der Waals surface area contributed by atoms with E-state index in [1.165, 1.54) is 43.4 Å². The van der Waals surface area contributed by atoms with Crippen LogP contribution in [0.4, 0.5) is 8.78 Å². The minimum atomic E-state index is -1.37. The molecule has 0 amide bonds. The predicted octanol–water partition coefficient (Wildman–Crippen LogP) is 2.12. The lowest BCUT2D eigenvalue weighted by Gasteiger charge is -2.40. The van der Waals surface area contributed by atoms with E-state index < -0.39 is 40.7 Å². The van der Waals surface area contributed by atoms with Gasteiger partial charge in [0.25, 0.3) is 0 Å². The van der Waals surface area contributed by atoms with Crippen LogP contribution in [-0.2, 0) is 22.7 Å². The average molecular weight is 409 g/mol. The van der Waals surface area contributed by atoms with E-state index in [2.05, 4.69) is 0 Å². The highest BCUT2D eigenvalue weighted by molar-refractivity contribution is 5.16. The van der Waals surface area contributed by atoms with Crippen LogP contribution in [0.15, 0.2) is 48.5 Å². The van der Waals surface area contributed by atoms with Crippen molar-refractivity contribution in [3.05, 3.63) is 76.5 Å². The summed E-state index contributed by atoms with van der Waals surface area (Å²) in [6.07, 6.45) is -4.65. The molecule has 0 aliphatic carbocycles. The molecular weight excluding hydrogens is 384 g/mol. The molecule has 6 nitrogen and oxygen atoms in total. The number of hydrogen-bond acceptors (Lipinski definition) is 5. The van der Waals surface area contributed by atoms with Crippen molar-refractivity contribution in [2.24, 2.45) is 0 Å². The molecule has 2 aromatic rings. The van der Waals surface area contributed by atoms with Crippen LogP contribution in [-0.4, -0.2) is 59.4 Å². The number of likely N-dealkylation sites (tertiary alicyclic amines) is 1. The van der Waals surface area contributed by atoms with Crippen LogP contribution in [0.5, 0.6) is 0 Å². The molecule has 158 valence electrons. The number of benzene rings is 2. The number of nitrogens with zero attached hydrogens (tertiary/aromatic N) is 1. The van der Waals surface area contributed by atoms with Crippen LogP contribution in [0, 0.1) is 16.8 Å². The molecule has 1 heterocycles. The second-order valence-electron chi connectivity index (χ2n) is 7.60. The van der Waals surface area contributed by atoms with Crippen molar-refractivity contribution in [3.8, 4) is 0 Å².